The number of rotatable bonds is 8. The lowest BCUT2D eigenvalue weighted by atomic mass is 10.1. The van der Waals surface area contributed by atoms with E-state index in [1.165, 1.54) is 0 Å². The monoisotopic (exact) mass is 247 g/mol. The molecule has 0 heterocycles. The Morgan fingerprint density at radius 1 is 1.18 bits per heavy atom. The van der Waals surface area contributed by atoms with Crippen molar-refractivity contribution in [1.82, 2.24) is 4.90 Å². The molecule has 5 nitrogen and oxygen atoms in total. The van der Waals surface area contributed by atoms with Crippen LogP contribution in [0.2, 0.25) is 0 Å². The van der Waals surface area contributed by atoms with Crippen LogP contribution < -0.4 is 0 Å². The number of aliphatic hydroxyl groups excluding tert-OH is 2. The van der Waals surface area contributed by atoms with E-state index >= 15 is 0 Å². The fraction of sp³-hybridized carbons (Fsp3) is 0.917. The second-order valence-electron chi connectivity index (χ2n) is 4.88. The van der Waals surface area contributed by atoms with Gasteiger partial charge in [-0.3, -0.25) is 4.79 Å². The molecule has 0 radical (unpaired) electrons. The molecule has 0 aromatic rings. The van der Waals surface area contributed by atoms with Gasteiger partial charge < -0.3 is 19.8 Å². The summed E-state index contributed by atoms with van der Waals surface area (Å²) in [6, 6.07) is 0. The van der Waals surface area contributed by atoms with E-state index < -0.39 is 0 Å². The highest BCUT2D eigenvalue weighted by atomic mass is 16.5. The Morgan fingerprint density at radius 2 is 1.82 bits per heavy atom. The minimum absolute atomic E-state index is 0.0641. The first-order chi connectivity index (χ1) is 7.93. The molecule has 0 aliphatic heterocycles. The molecule has 0 bridgehead atoms. The molecule has 2 N–H and O–H groups in total. The zero-order chi connectivity index (χ0) is 13.3. The van der Waals surface area contributed by atoms with Gasteiger partial charge in [0, 0.05) is 31.7 Å². The van der Waals surface area contributed by atoms with Gasteiger partial charge in [0.15, 0.2) is 0 Å². The van der Waals surface area contributed by atoms with Crippen LogP contribution in [-0.2, 0) is 9.53 Å². The second kappa shape index (κ2) is 8.44. The van der Waals surface area contributed by atoms with E-state index in [1.54, 1.807) is 4.90 Å². The number of hydrogen-bond acceptors (Lipinski definition) is 4. The van der Waals surface area contributed by atoms with Crippen LogP contribution in [0.3, 0.4) is 0 Å². The average molecular weight is 247 g/mol. The van der Waals surface area contributed by atoms with E-state index in [1.807, 2.05) is 20.8 Å². The van der Waals surface area contributed by atoms with Gasteiger partial charge in [-0.25, -0.2) is 0 Å². The summed E-state index contributed by atoms with van der Waals surface area (Å²) in [4.78, 5) is 13.5. The SMILES string of the molecule is CC(C)(C)N(CCOCCCO)C(=O)CCO. The molecule has 0 rings (SSSR count). The Balaban J connectivity index is 4.08. The van der Waals surface area contributed by atoms with Crippen LogP contribution in [0, 0.1) is 0 Å². The molecule has 0 aliphatic rings. The fourth-order valence-electron chi connectivity index (χ4n) is 1.49. The lowest BCUT2D eigenvalue weighted by Crippen LogP contribution is -2.47. The standard InChI is InChI=1S/C12H25NO4/c1-12(2,3)13(11(16)5-8-15)6-10-17-9-4-7-14/h14-15H,4-10H2,1-3H3. The number of carbonyl (C=O) groups is 1. The van der Waals surface area contributed by atoms with Crippen molar-refractivity contribution in [2.24, 2.45) is 0 Å². The van der Waals surface area contributed by atoms with Crippen LogP contribution in [0.1, 0.15) is 33.6 Å². The number of carbonyl (C=O) groups excluding carboxylic acids is 1. The maximum atomic E-state index is 11.8. The van der Waals surface area contributed by atoms with Crippen molar-refractivity contribution >= 4 is 5.91 Å². The van der Waals surface area contributed by atoms with Crippen LogP contribution in [0.25, 0.3) is 0 Å². The Kier molecular flexibility index (Phi) is 8.12. The van der Waals surface area contributed by atoms with Crippen molar-refractivity contribution in [2.45, 2.75) is 39.2 Å². The van der Waals surface area contributed by atoms with Gasteiger partial charge in [0.1, 0.15) is 0 Å². The first kappa shape index (κ1) is 16.4. The summed E-state index contributed by atoms with van der Waals surface area (Å²) in [6.07, 6.45) is 0.758. The van der Waals surface area contributed by atoms with Crippen molar-refractivity contribution in [3.63, 3.8) is 0 Å². The molecule has 0 aliphatic carbocycles. The number of hydrogen-bond donors (Lipinski definition) is 2. The van der Waals surface area contributed by atoms with Crippen LogP contribution in [-0.4, -0.2) is 59.5 Å². The summed E-state index contributed by atoms with van der Waals surface area (Å²) in [5.74, 6) is -0.0641. The largest absolute Gasteiger partial charge is 0.396 e. The first-order valence-electron chi connectivity index (χ1n) is 6.03. The number of ether oxygens (including phenoxy) is 1. The maximum absolute atomic E-state index is 11.8. The van der Waals surface area contributed by atoms with Crippen LogP contribution >= 0.6 is 0 Å². The smallest absolute Gasteiger partial charge is 0.225 e. The molecule has 17 heavy (non-hydrogen) atoms. The molecule has 0 unspecified atom stereocenters. The Labute approximate surface area is 103 Å². The van der Waals surface area contributed by atoms with Crippen molar-refractivity contribution in [2.75, 3.05) is 33.0 Å². The number of amides is 1. The minimum atomic E-state index is -0.271. The molecular weight excluding hydrogens is 222 g/mol. The zero-order valence-electron chi connectivity index (χ0n) is 11.1. The third kappa shape index (κ3) is 7.31. The molecule has 102 valence electrons. The van der Waals surface area contributed by atoms with E-state index in [0.717, 1.165) is 0 Å². The van der Waals surface area contributed by atoms with E-state index in [-0.39, 0.29) is 31.1 Å². The quantitative estimate of drug-likeness (QED) is 0.609. The van der Waals surface area contributed by atoms with Gasteiger partial charge in [-0.2, -0.15) is 0 Å². The lowest BCUT2D eigenvalue weighted by Gasteiger charge is -2.35. The topological polar surface area (TPSA) is 70.0 Å². The molecule has 0 atom stereocenters. The van der Waals surface area contributed by atoms with Crippen molar-refractivity contribution < 1.29 is 19.7 Å². The summed E-state index contributed by atoms with van der Waals surface area (Å²) >= 11 is 0. The maximum Gasteiger partial charge on any atom is 0.225 e. The molecule has 0 fully saturated rings. The average Bonchev–Trinajstić information content (AvgIpc) is 2.21. The Hall–Kier alpha value is -0.650. The van der Waals surface area contributed by atoms with Crippen molar-refractivity contribution in [3.8, 4) is 0 Å². The minimum Gasteiger partial charge on any atom is -0.396 e. The second-order valence-corrected chi connectivity index (χ2v) is 4.88. The van der Waals surface area contributed by atoms with Gasteiger partial charge in [0.05, 0.1) is 13.2 Å². The molecule has 0 aromatic carbocycles. The highest BCUT2D eigenvalue weighted by molar-refractivity contribution is 5.77. The zero-order valence-corrected chi connectivity index (χ0v) is 11.1. The highest BCUT2D eigenvalue weighted by Crippen LogP contribution is 2.14. The lowest BCUT2D eigenvalue weighted by molar-refractivity contribution is -0.137. The summed E-state index contributed by atoms with van der Waals surface area (Å²) in [7, 11) is 0. The van der Waals surface area contributed by atoms with E-state index in [2.05, 4.69) is 0 Å². The summed E-state index contributed by atoms with van der Waals surface area (Å²) in [5, 5.41) is 17.4. The van der Waals surface area contributed by atoms with Crippen LogP contribution in [0.5, 0.6) is 0 Å². The number of aliphatic hydroxyl groups is 2. The number of nitrogens with zero attached hydrogens (tertiary/aromatic N) is 1. The molecule has 0 aromatic heterocycles. The molecule has 5 heteroatoms. The van der Waals surface area contributed by atoms with Crippen molar-refractivity contribution in [1.29, 1.82) is 0 Å². The van der Waals surface area contributed by atoms with Gasteiger partial charge in [-0.05, 0) is 27.2 Å². The van der Waals surface area contributed by atoms with Gasteiger partial charge in [-0.15, -0.1) is 0 Å². The highest BCUT2D eigenvalue weighted by Gasteiger charge is 2.25. The Bertz CT molecular complexity index is 213. The third-order valence-electron chi connectivity index (χ3n) is 2.34. The predicted octanol–water partition coefficient (Wildman–Crippen LogP) is 0.395. The van der Waals surface area contributed by atoms with E-state index in [0.29, 0.717) is 26.2 Å². The van der Waals surface area contributed by atoms with Crippen LogP contribution in [0.4, 0.5) is 0 Å². The fourth-order valence-corrected chi connectivity index (χ4v) is 1.49. The summed E-state index contributed by atoms with van der Waals surface area (Å²) in [6.45, 7) is 7.32. The van der Waals surface area contributed by atoms with Gasteiger partial charge >= 0.3 is 0 Å². The molecule has 1 amide bonds. The van der Waals surface area contributed by atoms with Gasteiger partial charge in [0.2, 0.25) is 5.91 Å². The van der Waals surface area contributed by atoms with E-state index in [4.69, 9.17) is 14.9 Å². The van der Waals surface area contributed by atoms with Crippen molar-refractivity contribution in [3.05, 3.63) is 0 Å². The predicted molar refractivity (Wildman–Crippen MR) is 65.7 cm³/mol. The molecule has 0 saturated carbocycles. The Morgan fingerprint density at radius 3 is 2.29 bits per heavy atom. The summed E-state index contributed by atoms with van der Waals surface area (Å²) in [5.41, 5.74) is -0.271. The first-order valence-corrected chi connectivity index (χ1v) is 6.03. The van der Waals surface area contributed by atoms with Gasteiger partial charge in [0.25, 0.3) is 0 Å². The van der Waals surface area contributed by atoms with Crippen LogP contribution in [0.15, 0.2) is 0 Å². The van der Waals surface area contributed by atoms with E-state index in [9.17, 15) is 4.79 Å². The molecule has 0 spiro atoms. The normalized spacial score (nSPS) is 11.6. The van der Waals surface area contributed by atoms with Gasteiger partial charge in [-0.1, -0.05) is 0 Å². The molecule has 0 saturated heterocycles. The molecular formula is C12H25NO4. The summed E-state index contributed by atoms with van der Waals surface area (Å²) < 4.78 is 5.31. The third-order valence-corrected chi connectivity index (χ3v) is 2.34.